The molecule has 5 nitrogen and oxygen atoms in total. The maximum atomic E-state index is 12.1. The zero-order valence-electron chi connectivity index (χ0n) is 17.5. The van der Waals surface area contributed by atoms with Crippen LogP contribution in [0.25, 0.3) is 11.0 Å². The Morgan fingerprint density at radius 2 is 1.93 bits per heavy atom. The van der Waals surface area contributed by atoms with Crippen LogP contribution >= 0.6 is 0 Å². The second-order valence-electron chi connectivity index (χ2n) is 7.68. The third kappa shape index (κ3) is 3.57. The third-order valence-corrected chi connectivity index (χ3v) is 5.68. The Kier molecular flexibility index (Phi) is 5.22. The van der Waals surface area contributed by atoms with E-state index in [1.165, 1.54) is 0 Å². The predicted octanol–water partition coefficient (Wildman–Crippen LogP) is 5.25. The quantitative estimate of drug-likeness (QED) is 0.437. The molecular weight excluding hydrogens is 366 g/mol. The Morgan fingerprint density at radius 1 is 1.10 bits per heavy atom. The van der Waals surface area contributed by atoms with Crippen molar-refractivity contribution in [2.24, 2.45) is 0 Å². The average Bonchev–Trinajstić information content (AvgIpc) is 2.73. The number of fused-ring (bicyclic) bond motifs is 2. The lowest BCUT2D eigenvalue weighted by Gasteiger charge is -2.32. The van der Waals surface area contributed by atoms with Crippen LogP contribution in [0.15, 0.2) is 39.5 Å². The van der Waals surface area contributed by atoms with Crippen LogP contribution in [-0.4, -0.2) is 13.3 Å². The van der Waals surface area contributed by atoms with E-state index in [4.69, 9.17) is 13.9 Å². The Balaban J connectivity index is 1.67. The fourth-order valence-electron chi connectivity index (χ4n) is 3.77. The minimum absolute atomic E-state index is 0.282. The Bertz CT molecular complexity index is 1120. The Labute approximate surface area is 170 Å². The summed E-state index contributed by atoms with van der Waals surface area (Å²) < 4.78 is 17.5. The predicted molar refractivity (Wildman–Crippen MR) is 115 cm³/mol. The van der Waals surface area contributed by atoms with Crippen molar-refractivity contribution >= 4 is 16.7 Å². The highest BCUT2D eigenvalue weighted by Gasteiger charge is 2.23. The first-order valence-electron chi connectivity index (χ1n) is 10.2. The minimum Gasteiger partial charge on any atom is -0.494 e. The summed E-state index contributed by atoms with van der Waals surface area (Å²) in [7, 11) is 0. The summed E-state index contributed by atoms with van der Waals surface area (Å²) >= 11 is 0. The molecule has 0 radical (unpaired) electrons. The third-order valence-electron chi connectivity index (χ3n) is 5.68. The second-order valence-corrected chi connectivity index (χ2v) is 7.68. The molecule has 152 valence electrons. The molecule has 1 aliphatic heterocycles. The van der Waals surface area contributed by atoms with Gasteiger partial charge < -0.3 is 18.8 Å². The van der Waals surface area contributed by atoms with Crippen molar-refractivity contribution in [3.63, 3.8) is 0 Å². The van der Waals surface area contributed by atoms with Gasteiger partial charge in [0.05, 0.1) is 6.61 Å². The van der Waals surface area contributed by atoms with Gasteiger partial charge in [0, 0.05) is 40.4 Å². The number of hydrogen-bond donors (Lipinski definition) is 0. The van der Waals surface area contributed by atoms with Gasteiger partial charge in [0.1, 0.15) is 17.1 Å². The molecule has 29 heavy (non-hydrogen) atoms. The van der Waals surface area contributed by atoms with E-state index >= 15 is 0 Å². The highest BCUT2D eigenvalue weighted by atomic mass is 16.5. The number of benzene rings is 2. The van der Waals surface area contributed by atoms with Crippen LogP contribution in [0, 0.1) is 20.8 Å². The molecule has 0 bridgehead atoms. The van der Waals surface area contributed by atoms with Crippen molar-refractivity contribution in [1.82, 2.24) is 0 Å². The van der Waals surface area contributed by atoms with E-state index in [0.29, 0.717) is 17.9 Å². The number of unbranched alkanes of at least 4 members (excludes halogenated alkanes) is 1. The van der Waals surface area contributed by atoms with Gasteiger partial charge in [-0.2, -0.15) is 0 Å². The molecule has 0 unspecified atom stereocenters. The smallest absolute Gasteiger partial charge is 0.339 e. The van der Waals surface area contributed by atoms with Gasteiger partial charge in [0.2, 0.25) is 0 Å². The molecule has 4 rings (SSSR count). The molecule has 0 spiro atoms. The molecule has 2 heterocycles. The van der Waals surface area contributed by atoms with Gasteiger partial charge in [-0.25, -0.2) is 4.79 Å². The van der Waals surface area contributed by atoms with Crippen LogP contribution in [0.5, 0.6) is 11.5 Å². The standard InChI is InChI=1S/C24H27NO4/c1-5-6-10-27-20-9-7-8-19(12-20)25-13-18-11-21-15(2)16(3)24(26)29-23(21)17(4)22(18)28-14-25/h7-9,11-12H,5-6,10,13-14H2,1-4H3. The molecule has 2 aromatic carbocycles. The molecular formula is C24H27NO4. The van der Waals surface area contributed by atoms with Crippen LogP contribution in [0.2, 0.25) is 0 Å². The molecule has 5 heteroatoms. The molecule has 1 aliphatic rings. The molecule has 3 aromatic rings. The topological polar surface area (TPSA) is 51.9 Å². The maximum absolute atomic E-state index is 12.1. The summed E-state index contributed by atoms with van der Waals surface area (Å²) in [6, 6.07) is 10.2. The molecule has 0 saturated carbocycles. The van der Waals surface area contributed by atoms with Crippen LogP contribution < -0.4 is 20.0 Å². The maximum Gasteiger partial charge on any atom is 0.339 e. The number of ether oxygens (including phenoxy) is 2. The molecule has 1 aromatic heterocycles. The zero-order chi connectivity index (χ0) is 20.5. The van der Waals surface area contributed by atoms with Gasteiger partial charge in [0.25, 0.3) is 0 Å². The van der Waals surface area contributed by atoms with E-state index in [1.54, 1.807) is 0 Å². The second kappa shape index (κ2) is 7.82. The van der Waals surface area contributed by atoms with Gasteiger partial charge in [-0.1, -0.05) is 19.4 Å². The van der Waals surface area contributed by atoms with Crippen molar-refractivity contribution in [3.8, 4) is 11.5 Å². The van der Waals surface area contributed by atoms with Crippen molar-refractivity contribution < 1.29 is 13.9 Å². The fraction of sp³-hybridized carbons (Fsp3) is 0.375. The molecule has 0 amide bonds. The minimum atomic E-state index is -0.282. The normalized spacial score (nSPS) is 13.3. The average molecular weight is 393 g/mol. The van der Waals surface area contributed by atoms with E-state index in [-0.39, 0.29) is 5.63 Å². The summed E-state index contributed by atoms with van der Waals surface area (Å²) in [4.78, 5) is 14.3. The summed E-state index contributed by atoms with van der Waals surface area (Å²) in [5.41, 5.74) is 5.00. The highest BCUT2D eigenvalue weighted by molar-refractivity contribution is 5.87. The van der Waals surface area contributed by atoms with Crippen molar-refractivity contribution in [1.29, 1.82) is 0 Å². The van der Waals surface area contributed by atoms with Crippen LogP contribution in [0.1, 0.15) is 42.0 Å². The first kappa shape index (κ1) is 19.4. The van der Waals surface area contributed by atoms with E-state index in [2.05, 4.69) is 30.0 Å². The first-order valence-corrected chi connectivity index (χ1v) is 10.2. The van der Waals surface area contributed by atoms with Crippen molar-refractivity contribution in [3.05, 3.63) is 63.0 Å². The fourth-order valence-corrected chi connectivity index (χ4v) is 3.77. The van der Waals surface area contributed by atoms with Crippen LogP contribution in [0.3, 0.4) is 0 Å². The monoisotopic (exact) mass is 393 g/mol. The largest absolute Gasteiger partial charge is 0.494 e. The van der Waals surface area contributed by atoms with Crippen molar-refractivity contribution in [2.45, 2.75) is 47.1 Å². The van der Waals surface area contributed by atoms with Gasteiger partial charge in [-0.05, 0) is 51.0 Å². The van der Waals surface area contributed by atoms with Gasteiger partial charge in [-0.15, -0.1) is 0 Å². The van der Waals surface area contributed by atoms with E-state index in [0.717, 1.165) is 65.3 Å². The molecule has 0 saturated heterocycles. The lowest BCUT2D eigenvalue weighted by Crippen LogP contribution is -2.32. The Hall–Kier alpha value is -2.95. The van der Waals surface area contributed by atoms with Crippen LogP contribution in [0.4, 0.5) is 5.69 Å². The summed E-state index contributed by atoms with van der Waals surface area (Å²) in [5.74, 6) is 1.69. The summed E-state index contributed by atoms with van der Waals surface area (Å²) in [5, 5.41) is 0.973. The number of anilines is 1. The zero-order valence-corrected chi connectivity index (χ0v) is 17.5. The molecule has 0 fully saturated rings. The number of hydrogen-bond acceptors (Lipinski definition) is 5. The molecule has 0 aliphatic carbocycles. The van der Waals surface area contributed by atoms with Gasteiger partial charge >= 0.3 is 5.63 Å². The summed E-state index contributed by atoms with van der Waals surface area (Å²) in [6.45, 7) is 9.78. The van der Waals surface area contributed by atoms with Crippen LogP contribution in [-0.2, 0) is 6.54 Å². The highest BCUT2D eigenvalue weighted by Crippen LogP contribution is 2.37. The molecule has 0 N–H and O–H groups in total. The van der Waals surface area contributed by atoms with Gasteiger partial charge in [0.15, 0.2) is 6.73 Å². The Morgan fingerprint density at radius 3 is 2.72 bits per heavy atom. The number of nitrogens with zero attached hydrogens (tertiary/aromatic N) is 1. The van der Waals surface area contributed by atoms with E-state index in [1.807, 2.05) is 32.9 Å². The van der Waals surface area contributed by atoms with Gasteiger partial charge in [-0.3, -0.25) is 0 Å². The first-order chi connectivity index (χ1) is 14.0. The lowest BCUT2D eigenvalue weighted by atomic mass is 9.99. The number of aryl methyl sites for hydroxylation is 2. The summed E-state index contributed by atoms with van der Waals surface area (Å²) in [6.07, 6.45) is 2.16. The molecule has 0 atom stereocenters. The number of rotatable bonds is 5. The lowest BCUT2D eigenvalue weighted by molar-refractivity contribution is 0.286. The SMILES string of the molecule is CCCCOc1cccc(N2COc3c(cc4c(C)c(C)c(=O)oc4c3C)C2)c1. The van der Waals surface area contributed by atoms with E-state index in [9.17, 15) is 4.79 Å². The van der Waals surface area contributed by atoms with E-state index < -0.39 is 0 Å². The van der Waals surface area contributed by atoms with Crippen molar-refractivity contribution in [2.75, 3.05) is 18.2 Å².